The Hall–Kier alpha value is -1.87. The number of nitrogens with one attached hydrogen (secondary N) is 1. The molecule has 1 fully saturated rings. The van der Waals surface area contributed by atoms with Crippen LogP contribution in [0.4, 0.5) is 10.1 Å². The van der Waals surface area contributed by atoms with Gasteiger partial charge in [0.15, 0.2) is 5.17 Å². The lowest BCUT2D eigenvalue weighted by atomic mass is 10.2. The molecule has 1 heterocycles. The maximum absolute atomic E-state index is 12.9. The van der Waals surface area contributed by atoms with Crippen molar-refractivity contribution in [3.05, 3.63) is 62.3 Å². The number of rotatable bonds is 3. The molecule has 1 N–H and O–H groups in total. The predicted molar refractivity (Wildman–Crippen MR) is 103 cm³/mol. The number of hydrogen-bond donors (Lipinski definition) is 1. The molecule has 122 valence electrons. The molecule has 2 aromatic rings. The van der Waals surface area contributed by atoms with Gasteiger partial charge in [0.05, 0.1) is 21.3 Å². The van der Waals surface area contributed by atoms with E-state index < -0.39 is 0 Å². The number of carbonyl (C=O) groups is 1. The van der Waals surface area contributed by atoms with Crippen molar-refractivity contribution in [3.63, 3.8) is 0 Å². The fraction of sp³-hybridized carbons (Fsp3) is 0.0588. The maximum atomic E-state index is 12.9. The third-order valence-corrected chi connectivity index (χ3v) is 4.93. The van der Waals surface area contributed by atoms with Gasteiger partial charge < -0.3 is 10.1 Å². The molecule has 3 rings (SSSR count). The molecule has 1 amide bonds. The van der Waals surface area contributed by atoms with E-state index in [4.69, 9.17) is 4.74 Å². The molecular weight excluding hydrogens is 442 g/mol. The molecule has 24 heavy (non-hydrogen) atoms. The maximum Gasteiger partial charge on any atom is 0.264 e. The molecule has 0 saturated carbocycles. The number of benzene rings is 2. The molecule has 1 aliphatic rings. The largest absolute Gasteiger partial charge is 0.496 e. The Morgan fingerprint density at radius 1 is 1.25 bits per heavy atom. The zero-order chi connectivity index (χ0) is 17.1. The van der Waals surface area contributed by atoms with E-state index in [0.29, 0.717) is 15.8 Å². The Labute approximate surface area is 156 Å². The first-order valence-electron chi connectivity index (χ1n) is 6.94. The molecule has 2 aromatic carbocycles. The minimum Gasteiger partial charge on any atom is -0.496 e. The zero-order valence-corrected chi connectivity index (χ0v) is 15.5. The topological polar surface area (TPSA) is 50.7 Å². The molecule has 0 atom stereocenters. The summed E-state index contributed by atoms with van der Waals surface area (Å²) < 4.78 is 19.1. The van der Waals surface area contributed by atoms with Crippen molar-refractivity contribution in [3.8, 4) is 5.75 Å². The van der Waals surface area contributed by atoms with Gasteiger partial charge in [-0.2, -0.15) is 0 Å². The van der Waals surface area contributed by atoms with Crippen molar-refractivity contribution in [2.75, 3.05) is 7.11 Å². The molecule has 0 aromatic heterocycles. The smallest absolute Gasteiger partial charge is 0.264 e. The summed E-state index contributed by atoms with van der Waals surface area (Å²) in [6, 6.07) is 11.5. The lowest BCUT2D eigenvalue weighted by Gasteiger charge is -2.03. The summed E-state index contributed by atoms with van der Waals surface area (Å²) >= 11 is 3.44. The first-order valence-corrected chi connectivity index (χ1v) is 8.83. The Balaban J connectivity index is 1.81. The van der Waals surface area contributed by atoms with Crippen LogP contribution in [0.5, 0.6) is 5.75 Å². The van der Waals surface area contributed by atoms with Crippen LogP contribution in [-0.4, -0.2) is 18.2 Å². The minimum absolute atomic E-state index is 0.202. The fourth-order valence-corrected chi connectivity index (χ4v) is 3.64. The van der Waals surface area contributed by atoms with Crippen LogP contribution in [0.25, 0.3) is 6.08 Å². The number of ether oxygens (including phenoxy) is 1. The molecular formula is C17H12FIN2O2S. The Morgan fingerprint density at radius 3 is 2.67 bits per heavy atom. The summed E-state index contributed by atoms with van der Waals surface area (Å²) in [6.45, 7) is 0. The molecule has 0 bridgehead atoms. The van der Waals surface area contributed by atoms with Gasteiger partial charge in [-0.05, 0) is 82.4 Å². The lowest BCUT2D eigenvalue weighted by Crippen LogP contribution is -2.19. The summed E-state index contributed by atoms with van der Waals surface area (Å²) in [5.74, 6) is 0.267. The Morgan fingerprint density at radius 2 is 2.00 bits per heavy atom. The number of nitrogens with zero attached hydrogens (tertiary/aromatic N) is 1. The van der Waals surface area contributed by atoms with Crippen LogP contribution in [0.3, 0.4) is 0 Å². The van der Waals surface area contributed by atoms with E-state index in [1.54, 1.807) is 25.3 Å². The molecule has 0 spiro atoms. The first kappa shape index (κ1) is 17.0. The van der Waals surface area contributed by atoms with Crippen molar-refractivity contribution in [2.45, 2.75) is 0 Å². The lowest BCUT2D eigenvalue weighted by molar-refractivity contribution is -0.115. The molecule has 0 radical (unpaired) electrons. The number of methoxy groups -OCH3 is 1. The summed E-state index contributed by atoms with van der Waals surface area (Å²) in [4.78, 5) is 16.9. The second-order valence-corrected chi connectivity index (χ2v) is 7.04. The number of amides is 1. The monoisotopic (exact) mass is 454 g/mol. The Bertz CT molecular complexity index is 850. The first-order chi connectivity index (χ1) is 11.5. The van der Waals surface area contributed by atoms with Crippen molar-refractivity contribution >= 4 is 57.2 Å². The number of hydrogen-bond acceptors (Lipinski definition) is 4. The normalized spacial score (nSPS) is 17.4. The van der Waals surface area contributed by atoms with E-state index in [1.165, 1.54) is 23.9 Å². The van der Waals surface area contributed by atoms with E-state index >= 15 is 0 Å². The molecule has 4 nitrogen and oxygen atoms in total. The average Bonchev–Trinajstić information content (AvgIpc) is 2.89. The molecule has 0 aliphatic carbocycles. The van der Waals surface area contributed by atoms with Crippen molar-refractivity contribution in [1.82, 2.24) is 5.32 Å². The standard InChI is InChI=1S/C17H12FIN2O2S/c1-23-14-7-2-10(8-13(14)19)9-15-16(22)21-17(24-15)20-12-5-3-11(18)4-6-12/h2-9H,1H3,(H,20,21,22)/b15-9+. The Kier molecular flexibility index (Phi) is 5.20. The quantitative estimate of drug-likeness (QED) is 0.555. The van der Waals surface area contributed by atoms with Crippen LogP contribution < -0.4 is 10.1 Å². The van der Waals surface area contributed by atoms with Gasteiger partial charge in [0, 0.05) is 0 Å². The molecule has 1 aliphatic heterocycles. The number of carbonyl (C=O) groups excluding carboxylic acids is 1. The fourth-order valence-electron chi connectivity index (χ4n) is 2.04. The highest BCUT2D eigenvalue weighted by Crippen LogP contribution is 2.29. The van der Waals surface area contributed by atoms with Crippen molar-refractivity contribution < 1.29 is 13.9 Å². The van der Waals surface area contributed by atoms with Gasteiger partial charge in [-0.1, -0.05) is 6.07 Å². The van der Waals surface area contributed by atoms with Gasteiger partial charge in [-0.15, -0.1) is 0 Å². The highest BCUT2D eigenvalue weighted by atomic mass is 127. The number of aliphatic imine (C=N–C) groups is 1. The van der Waals surface area contributed by atoms with Gasteiger partial charge in [-0.3, -0.25) is 4.79 Å². The van der Waals surface area contributed by atoms with Crippen LogP contribution in [-0.2, 0) is 4.79 Å². The van der Waals surface area contributed by atoms with Crippen LogP contribution in [0.15, 0.2) is 52.4 Å². The highest BCUT2D eigenvalue weighted by Gasteiger charge is 2.23. The van der Waals surface area contributed by atoms with Gasteiger partial charge >= 0.3 is 0 Å². The second-order valence-electron chi connectivity index (χ2n) is 4.85. The van der Waals surface area contributed by atoms with E-state index in [1.807, 2.05) is 18.2 Å². The minimum atomic E-state index is -0.322. The summed E-state index contributed by atoms with van der Waals surface area (Å²) in [5, 5.41) is 3.18. The molecule has 1 saturated heterocycles. The highest BCUT2D eigenvalue weighted by molar-refractivity contribution is 14.1. The molecule has 0 unspecified atom stereocenters. The number of thioether (sulfide) groups is 1. The second kappa shape index (κ2) is 7.35. The number of halogens is 2. The van der Waals surface area contributed by atoms with Gasteiger partial charge in [0.2, 0.25) is 0 Å². The number of amidine groups is 1. The van der Waals surface area contributed by atoms with Gasteiger partial charge in [0.1, 0.15) is 11.6 Å². The summed E-state index contributed by atoms with van der Waals surface area (Å²) in [7, 11) is 1.62. The van der Waals surface area contributed by atoms with E-state index in [2.05, 4.69) is 32.9 Å². The predicted octanol–water partition coefficient (Wildman–Crippen LogP) is 4.33. The van der Waals surface area contributed by atoms with Gasteiger partial charge in [-0.25, -0.2) is 9.38 Å². The SMILES string of the molecule is COc1ccc(/C=C2/SC(=Nc3ccc(F)cc3)NC2=O)cc1I. The van der Waals surface area contributed by atoms with Crippen molar-refractivity contribution in [1.29, 1.82) is 0 Å². The van der Waals surface area contributed by atoms with Crippen LogP contribution >= 0.6 is 34.4 Å². The summed E-state index contributed by atoms with van der Waals surface area (Å²) in [5.41, 5.74) is 1.49. The van der Waals surface area contributed by atoms with Gasteiger partial charge in [0.25, 0.3) is 5.91 Å². The van der Waals surface area contributed by atoms with Crippen LogP contribution in [0.2, 0.25) is 0 Å². The van der Waals surface area contributed by atoms with Crippen LogP contribution in [0.1, 0.15) is 5.56 Å². The van der Waals surface area contributed by atoms with Crippen molar-refractivity contribution in [2.24, 2.45) is 4.99 Å². The van der Waals surface area contributed by atoms with E-state index in [9.17, 15) is 9.18 Å². The zero-order valence-electron chi connectivity index (χ0n) is 12.5. The average molecular weight is 454 g/mol. The third kappa shape index (κ3) is 3.96. The third-order valence-electron chi connectivity index (χ3n) is 3.18. The van der Waals surface area contributed by atoms with Crippen LogP contribution in [0, 0.1) is 9.39 Å². The van der Waals surface area contributed by atoms with E-state index in [0.717, 1.165) is 14.9 Å². The van der Waals surface area contributed by atoms with E-state index in [-0.39, 0.29) is 11.7 Å². The molecule has 7 heteroatoms. The summed E-state index contributed by atoms with van der Waals surface area (Å²) in [6.07, 6.45) is 1.80.